The number of aromatic nitrogens is 3. The van der Waals surface area contributed by atoms with Crippen molar-refractivity contribution >= 4 is 16.8 Å². The number of benzene rings is 1. The summed E-state index contributed by atoms with van der Waals surface area (Å²) in [5, 5.41) is 4.47. The number of aryl methyl sites for hydroxylation is 3. The highest BCUT2D eigenvalue weighted by Gasteiger charge is 2.19. The molecule has 1 aliphatic rings. The van der Waals surface area contributed by atoms with Gasteiger partial charge in [0.15, 0.2) is 0 Å². The van der Waals surface area contributed by atoms with Crippen LogP contribution in [-0.4, -0.2) is 26.6 Å². The average Bonchev–Trinajstić information content (AvgIpc) is 3.20. The SMILES string of the molecule is Cc1nccn1[C@H](C)CC(=O)NCCc1c(C)n2c3c(cccc13)CCC2. The highest BCUT2D eigenvalue weighted by molar-refractivity contribution is 5.88. The minimum absolute atomic E-state index is 0.0991. The molecule has 0 fully saturated rings. The molecule has 5 nitrogen and oxygen atoms in total. The summed E-state index contributed by atoms with van der Waals surface area (Å²) in [6.45, 7) is 8.03. The van der Waals surface area contributed by atoms with Gasteiger partial charge in [-0.2, -0.15) is 0 Å². The molecule has 0 bridgehead atoms. The van der Waals surface area contributed by atoms with Gasteiger partial charge in [0.2, 0.25) is 5.91 Å². The van der Waals surface area contributed by atoms with E-state index in [4.69, 9.17) is 0 Å². The Morgan fingerprint density at radius 3 is 2.96 bits per heavy atom. The Kier molecular flexibility index (Phi) is 4.77. The highest BCUT2D eigenvalue weighted by atomic mass is 16.1. The first-order valence-corrected chi connectivity index (χ1v) is 9.92. The number of nitrogens with one attached hydrogen (secondary N) is 1. The molecule has 5 heteroatoms. The monoisotopic (exact) mass is 364 g/mol. The molecule has 1 aliphatic heterocycles. The summed E-state index contributed by atoms with van der Waals surface area (Å²) in [7, 11) is 0. The molecule has 4 rings (SSSR count). The molecule has 0 aliphatic carbocycles. The van der Waals surface area contributed by atoms with Crippen LogP contribution in [0.25, 0.3) is 10.9 Å². The van der Waals surface area contributed by atoms with Gasteiger partial charge in [0.1, 0.15) is 5.82 Å². The number of rotatable bonds is 6. The van der Waals surface area contributed by atoms with Gasteiger partial charge >= 0.3 is 0 Å². The minimum atomic E-state index is 0.0991. The van der Waals surface area contributed by atoms with Crippen LogP contribution in [0.3, 0.4) is 0 Å². The summed E-state index contributed by atoms with van der Waals surface area (Å²) < 4.78 is 4.52. The first-order chi connectivity index (χ1) is 13.1. The molecular weight excluding hydrogens is 336 g/mol. The second-order valence-corrected chi connectivity index (χ2v) is 7.67. The lowest BCUT2D eigenvalue weighted by Crippen LogP contribution is -2.28. The van der Waals surface area contributed by atoms with E-state index in [9.17, 15) is 4.79 Å². The predicted octanol–water partition coefficient (Wildman–Crippen LogP) is 3.71. The van der Waals surface area contributed by atoms with Crippen LogP contribution in [0.15, 0.2) is 30.6 Å². The topological polar surface area (TPSA) is 51.9 Å². The van der Waals surface area contributed by atoms with Crippen LogP contribution in [0.1, 0.15) is 48.5 Å². The third-order valence-corrected chi connectivity index (χ3v) is 5.90. The maximum atomic E-state index is 12.4. The van der Waals surface area contributed by atoms with E-state index in [0.29, 0.717) is 13.0 Å². The fourth-order valence-electron chi connectivity index (χ4n) is 4.52. The molecule has 3 heterocycles. The molecule has 0 saturated heterocycles. The number of nitrogens with zero attached hydrogens (tertiary/aromatic N) is 3. The predicted molar refractivity (Wildman–Crippen MR) is 108 cm³/mol. The van der Waals surface area contributed by atoms with Crippen molar-refractivity contribution in [3.8, 4) is 0 Å². The number of carbonyl (C=O) groups is 1. The highest BCUT2D eigenvalue weighted by Crippen LogP contribution is 2.32. The van der Waals surface area contributed by atoms with Gasteiger partial charge in [-0.15, -0.1) is 0 Å². The number of amides is 1. The Labute approximate surface area is 160 Å². The normalized spacial score (nSPS) is 14.5. The zero-order chi connectivity index (χ0) is 19.0. The molecule has 3 aromatic rings. The Morgan fingerprint density at radius 1 is 1.33 bits per heavy atom. The van der Waals surface area contributed by atoms with Gasteiger partial charge in [-0.05, 0) is 51.2 Å². The molecule has 1 aromatic carbocycles. The summed E-state index contributed by atoms with van der Waals surface area (Å²) in [4.78, 5) is 16.6. The standard InChI is InChI=1S/C22H28N4O/c1-15(25-13-11-23-17(25)3)14-21(27)24-10-9-19-16(2)26-12-5-7-18-6-4-8-20(19)22(18)26/h4,6,8,11,13,15H,5,7,9-10,12,14H2,1-3H3,(H,24,27)/t15-/m1/s1. The summed E-state index contributed by atoms with van der Waals surface area (Å²) in [5.41, 5.74) is 5.61. The second-order valence-electron chi connectivity index (χ2n) is 7.67. The summed E-state index contributed by atoms with van der Waals surface area (Å²) in [6.07, 6.45) is 7.45. The molecule has 0 saturated carbocycles. The van der Waals surface area contributed by atoms with Crippen molar-refractivity contribution in [3.05, 3.63) is 53.2 Å². The number of hydrogen-bond donors (Lipinski definition) is 1. The molecule has 142 valence electrons. The van der Waals surface area contributed by atoms with E-state index in [1.807, 2.05) is 17.7 Å². The van der Waals surface area contributed by atoms with Crippen LogP contribution in [0, 0.1) is 13.8 Å². The Hall–Kier alpha value is -2.56. The zero-order valence-corrected chi connectivity index (χ0v) is 16.5. The largest absolute Gasteiger partial charge is 0.356 e. The van der Waals surface area contributed by atoms with Crippen molar-refractivity contribution < 1.29 is 4.79 Å². The maximum absolute atomic E-state index is 12.4. The summed E-state index contributed by atoms with van der Waals surface area (Å²) in [6, 6.07) is 6.77. The maximum Gasteiger partial charge on any atom is 0.222 e. The van der Waals surface area contributed by atoms with Crippen LogP contribution in [0.4, 0.5) is 0 Å². The number of carbonyl (C=O) groups excluding carboxylic acids is 1. The molecule has 0 unspecified atom stereocenters. The van der Waals surface area contributed by atoms with Gasteiger partial charge in [0.05, 0.1) is 5.52 Å². The number of imidazole rings is 1. The summed E-state index contributed by atoms with van der Waals surface area (Å²) in [5.74, 6) is 1.04. The van der Waals surface area contributed by atoms with E-state index in [-0.39, 0.29) is 11.9 Å². The second kappa shape index (κ2) is 7.22. The first kappa shape index (κ1) is 17.8. The van der Waals surface area contributed by atoms with E-state index in [1.54, 1.807) is 6.20 Å². The molecule has 0 radical (unpaired) electrons. The smallest absolute Gasteiger partial charge is 0.222 e. The van der Waals surface area contributed by atoms with Crippen LogP contribution in [0.2, 0.25) is 0 Å². The van der Waals surface area contributed by atoms with Crippen molar-refractivity contribution in [2.24, 2.45) is 0 Å². The van der Waals surface area contributed by atoms with Gasteiger partial charge in [-0.1, -0.05) is 18.2 Å². The Balaban J connectivity index is 1.41. The van der Waals surface area contributed by atoms with E-state index in [2.05, 4.69) is 46.9 Å². The van der Waals surface area contributed by atoms with Crippen LogP contribution in [-0.2, 0) is 24.2 Å². The fraction of sp³-hybridized carbons (Fsp3) is 0.455. The molecular formula is C22H28N4O. The molecule has 2 aromatic heterocycles. The minimum Gasteiger partial charge on any atom is -0.356 e. The van der Waals surface area contributed by atoms with Crippen molar-refractivity contribution in [2.45, 2.75) is 59.0 Å². The van der Waals surface area contributed by atoms with Crippen LogP contribution in [0.5, 0.6) is 0 Å². The van der Waals surface area contributed by atoms with Crippen LogP contribution < -0.4 is 5.32 Å². The molecule has 27 heavy (non-hydrogen) atoms. The third kappa shape index (κ3) is 3.27. The lowest BCUT2D eigenvalue weighted by atomic mass is 10.0. The third-order valence-electron chi connectivity index (χ3n) is 5.90. The average molecular weight is 364 g/mol. The Bertz CT molecular complexity index is 982. The van der Waals surface area contributed by atoms with Gasteiger partial charge in [-0.3, -0.25) is 4.79 Å². The molecule has 1 atom stereocenters. The van der Waals surface area contributed by atoms with E-state index >= 15 is 0 Å². The van der Waals surface area contributed by atoms with Crippen molar-refractivity contribution in [2.75, 3.05) is 6.54 Å². The van der Waals surface area contributed by atoms with Crippen molar-refractivity contribution in [3.63, 3.8) is 0 Å². The molecule has 1 amide bonds. The molecule has 0 spiro atoms. The van der Waals surface area contributed by atoms with E-state index in [1.165, 1.54) is 40.6 Å². The Morgan fingerprint density at radius 2 is 2.19 bits per heavy atom. The van der Waals surface area contributed by atoms with E-state index in [0.717, 1.165) is 18.8 Å². The van der Waals surface area contributed by atoms with Crippen molar-refractivity contribution in [1.82, 2.24) is 19.4 Å². The first-order valence-electron chi connectivity index (χ1n) is 9.92. The van der Waals surface area contributed by atoms with Gasteiger partial charge in [-0.25, -0.2) is 4.98 Å². The van der Waals surface area contributed by atoms with Crippen LogP contribution >= 0.6 is 0 Å². The zero-order valence-electron chi connectivity index (χ0n) is 16.5. The lowest BCUT2D eigenvalue weighted by molar-refractivity contribution is -0.121. The van der Waals surface area contributed by atoms with E-state index < -0.39 is 0 Å². The fourth-order valence-corrected chi connectivity index (χ4v) is 4.52. The van der Waals surface area contributed by atoms with Crippen molar-refractivity contribution in [1.29, 1.82) is 0 Å². The van der Waals surface area contributed by atoms with Gasteiger partial charge < -0.3 is 14.5 Å². The molecule has 1 N–H and O–H groups in total. The lowest BCUT2D eigenvalue weighted by Gasteiger charge is -2.16. The number of hydrogen-bond acceptors (Lipinski definition) is 2. The quantitative estimate of drug-likeness (QED) is 0.725. The van der Waals surface area contributed by atoms with Gasteiger partial charge in [0, 0.05) is 49.0 Å². The van der Waals surface area contributed by atoms with Gasteiger partial charge in [0.25, 0.3) is 0 Å². The number of para-hydroxylation sites is 1. The summed E-state index contributed by atoms with van der Waals surface area (Å²) >= 11 is 0.